The van der Waals surface area contributed by atoms with Gasteiger partial charge in [0.15, 0.2) is 0 Å². The van der Waals surface area contributed by atoms with Gasteiger partial charge in [0.25, 0.3) is 5.91 Å². The summed E-state index contributed by atoms with van der Waals surface area (Å²) in [6, 6.07) is 6.78. The lowest BCUT2D eigenvalue weighted by atomic mass is 10.1. The van der Waals surface area contributed by atoms with Gasteiger partial charge in [0.1, 0.15) is 0 Å². The van der Waals surface area contributed by atoms with Gasteiger partial charge in [-0.25, -0.2) is 0 Å². The highest BCUT2D eigenvalue weighted by Gasteiger charge is 2.22. The number of carbonyl (C=O) groups excluding carboxylic acids is 2. The topological polar surface area (TPSA) is 69.6 Å². The maximum atomic E-state index is 12.4. The molecule has 1 aromatic rings. The molecule has 110 valence electrons. The second-order valence-corrected chi connectivity index (χ2v) is 5.39. The molecule has 0 aliphatic rings. The molecule has 0 unspecified atom stereocenters. The minimum absolute atomic E-state index is 0.165. The van der Waals surface area contributed by atoms with E-state index in [1.54, 1.807) is 43.0 Å². The fraction of sp³-hybridized carbons (Fsp3) is 0.467. The highest BCUT2D eigenvalue weighted by atomic mass is 16.3. The van der Waals surface area contributed by atoms with Gasteiger partial charge < -0.3 is 15.3 Å². The van der Waals surface area contributed by atoms with Gasteiger partial charge in [-0.3, -0.25) is 9.59 Å². The molecule has 0 aliphatic heterocycles. The zero-order valence-electron chi connectivity index (χ0n) is 12.4. The normalized spacial score (nSPS) is 11.1. The molecule has 1 rings (SSSR count). The van der Waals surface area contributed by atoms with Crippen molar-refractivity contribution in [3.8, 4) is 0 Å². The first kappa shape index (κ1) is 16.2. The monoisotopic (exact) mass is 278 g/mol. The van der Waals surface area contributed by atoms with E-state index in [2.05, 4.69) is 5.32 Å². The van der Waals surface area contributed by atoms with Crippen molar-refractivity contribution in [2.45, 2.75) is 33.3 Å². The van der Waals surface area contributed by atoms with E-state index in [0.717, 1.165) is 0 Å². The first-order valence-corrected chi connectivity index (χ1v) is 6.62. The van der Waals surface area contributed by atoms with Crippen LogP contribution < -0.4 is 5.32 Å². The van der Waals surface area contributed by atoms with E-state index in [9.17, 15) is 14.7 Å². The van der Waals surface area contributed by atoms with Crippen molar-refractivity contribution in [1.29, 1.82) is 0 Å². The molecule has 0 fully saturated rings. The van der Waals surface area contributed by atoms with E-state index in [4.69, 9.17) is 0 Å². The van der Waals surface area contributed by atoms with Gasteiger partial charge in [0.2, 0.25) is 5.91 Å². The van der Waals surface area contributed by atoms with Gasteiger partial charge >= 0.3 is 0 Å². The predicted molar refractivity (Wildman–Crippen MR) is 78.6 cm³/mol. The standard InChI is InChI=1S/C15H22N2O3/c1-5-17(10-15(3,4)20)14(19)12-7-6-8-13(9-12)16-11(2)18/h6-9,20H,5,10H2,1-4H3,(H,16,18). The highest BCUT2D eigenvalue weighted by molar-refractivity contribution is 5.96. The predicted octanol–water partition coefficient (Wildman–Crippen LogP) is 1.88. The van der Waals surface area contributed by atoms with Gasteiger partial charge in [-0.15, -0.1) is 0 Å². The van der Waals surface area contributed by atoms with Gasteiger partial charge in [-0.05, 0) is 39.0 Å². The molecule has 0 saturated heterocycles. The van der Waals surface area contributed by atoms with Crippen molar-refractivity contribution >= 4 is 17.5 Å². The van der Waals surface area contributed by atoms with Gasteiger partial charge in [-0.2, -0.15) is 0 Å². The van der Waals surface area contributed by atoms with Gasteiger partial charge in [-0.1, -0.05) is 6.07 Å². The van der Waals surface area contributed by atoms with Crippen LogP contribution >= 0.6 is 0 Å². The lowest BCUT2D eigenvalue weighted by Crippen LogP contribution is -2.42. The maximum Gasteiger partial charge on any atom is 0.254 e. The Kier molecular flexibility index (Phi) is 5.27. The molecular formula is C15H22N2O3. The molecule has 20 heavy (non-hydrogen) atoms. The quantitative estimate of drug-likeness (QED) is 0.864. The number of anilines is 1. The number of aliphatic hydroxyl groups is 1. The van der Waals surface area contributed by atoms with Crippen molar-refractivity contribution in [3.05, 3.63) is 29.8 Å². The highest BCUT2D eigenvalue weighted by Crippen LogP contribution is 2.14. The van der Waals surface area contributed by atoms with E-state index in [0.29, 0.717) is 17.8 Å². The lowest BCUT2D eigenvalue weighted by molar-refractivity contribution is -0.114. The van der Waals surface area contributed by atoms with Crippen LogP contribution in [0.4, 0.5) is 5.69 Å². The molecule has 2 N–H and O–H groups in total. The average molecular weight is 278 g/mol. The van der Waals surface area contributed by atoms with Crippen molar-refractivity contribution < 1.29 is 14.7 Å². The van der Waals surface area contributed by atoms with Crippen molar-refractivity contribution in [1.82, 2.24) is 4.90 Å². The molecule has 0 heterocycles. The Bertz CT molecular complexity index is 492. The Labute approximate surface area is 119 Å². The van der Waals surface area contributed by atoms with Crippen LogP contribution in [0.3, 0.4) is 0 Å². The van der Waals surface area contributed by atoms with E-state index in [-0.39, 0.29) is 18.4 Å². The average Bonchev–Trinajstić information content (AvgIpc) is 2.33. The molecule has 2 amide bonds. The molecule has 0 aliphatic carbocycles. The second kappa shape index (κ2) is 6.52. The Morgan fingerprint density at radius 1 is 1.35 bits per heavy atom. The molecule has 0 atom stereocenters. The number of nitrogens with one attached hydrogen (secondary N) is 1. The van der Waals surface area contributed by atoms with Crippen molar-refractivity contribution in [2.24, 2.45) is 0 Å². The van der Waals surface area contributed by atoms with Crippen LogP contribution in [0, 0.1) is 0 Å². The minimum Gasteiger partial charge on any atom is -0.389 e. The third-order valence-electron chi connectivity index (χ3n) is 2.68. The molecule has 0 radical (unpaired) electrons. The van der Waals surface area contributed by atoms with Gasteiger partial charge in [0, 0.05) is 31.3 Å². The summed E-state index contributed by atoms with van der Waals surface area (Å²) in [6.45, 7) is 7.37. The molecule has 0 spiro atoms. The molecule has 0 aromatic heterocycles. The van der Waals surface area contributed by atoms with Gasteiger partial charge in [0.05, 0.1) is 5.60 Å². The number of benzene rings is 1. The van der Waals surface area contributed by atoms with Crippen molar-refractivity contribution in [2.75, 3.05) is 18.4 Å². The number of rotatable bonds is 5. The number of carbonyl (C=O) groups is 2. The molecule has 5 heteroatoms. The van der Waals surface area contributed by atoms with E-state index >= 15 is 0 Å². The summed E-state index contributed by atoms with van der Waals surface area (Å²) in [4.78, 5) is 25.0. The summed E-state index contributed by atoms with van der Waals surface area (Å²) in [7, 11) is 0. The molecule has 0 bridgehead atoms. The SMILES string of the molecule is CCN(CC(C)(C)O)C(=O)c1cccc(NC(C)=O)c1. The van der Waals surface area contributed by atoms with Crippen LogP contribution in [0.5, 0.6) is 0 Å². The smallest absolute Gasteiger partial charge is 0.254 e. The summed E-state index contributed by atoms with van der Waals surface area (Å²) in [5.41, 5.74) is 0.131. The van der Waals surface area contributed by atoms with E-state index in [1.165, 1.54) is 6.92 Å². The zero-order valence-corrected chi connectivity index (χ0v) is 12.4. The first-order valence-electron chi connectivity index (χ1n) is 6.62. The van der Waals surface area contributed by atoms with E-state index in [1.807, 2.05) is 6.92 Å². The largest absolute Gasteiger partial charge is 0.389 e. The fourth-order valence-corrected chi connectivity index (χ4v) is 1.91. The van der Waals surface area contributed by atoms with Crippen LogP contribution in [0.1, 0.15) is 38.1 Å². The van der Waals surface area contributed by atoms with Crippen LogP contribution in [-0.4, -0.2) is 40.5 Å². The Morgan fingerprint density at radius 2 is 2.00 bits per heavy atom. The summed E-state index contributed by atoms with van der Waals surface area (Å²) >= 11 is 0. The summed E-state index contributed by atoms with van der Waals surface area (Å²) in [6.07, 6.45) is 0. The summed E-state index contributed by atoms with van der Waals surface area (Å²) in [5.74, 6) is -0.347. The zero-order chi connectivity index (χ0) is 15.3. The lowest BCUT2D eigenvalue weighted by Gasteiger charge is -2.28. The molecule has 5 nitrogen and oxygen atoms in total. The number of likely N-dealkylation sites (N-methyl/N-ethyl adjacent to an activating group) is 1. The molecular weight excluding hydrogens is 256 g/mol. The first-order chi connectivity index (χ1) is 9.23. The second-order valence-electron chi connectivity index (χ2n) is 5.39. The molecule has 1 aromatic carbocycles. The van der Waals surface area contributed by atoms with Crippen LogP contribution in [0.25, 0.3) is 0 Å². The van der Waals surface area contributed by atoms with Crippen LogP contribution in [0.2, 0.25) is 0 Å². The summed E-state index contributed by atoms with van der Waals surface area (Å²) in [5, 5.41) is 12.5. The fourth-order valence-electron chi connectivity index (χ4n) is 1.91. The maximum absolute atomic E-state index is 12.4. The van der Waals surface area contributed by atoms with E-state index < -0.39 is 5.60 Å². The minimum atomic E-state index is -0.944. The van der Waals surface area contributed by atoms with Crippen molar-refractivity contribution in [3.63, 3.8) is 0 Å². The third kappa shape index (κ3) is 5.01. The van der Waals surface area contributed by atoms with Crippen LogP contribution in [0.15, 0.2) is 24.3 Å². The molecule has 0 saturated carbocycles. The number of nitrogens with zero attached hydrogens (tertiary/aromatic N) is 1. The number of hydrogen-bond acceptors (Lipinski definition) is 3. The number of amides is 2. The van der Waals surface area contributed by atoms with Crippen LogP contribution in [-0.2, 0) is 4.79 Å². The Hall–Kier alpha value is -1.88. The summed E-state index contributed by atoms with van der Waals surface area (Å²) < 4.78 is 0. The Balaban J connectivity index is 2.92. The number of hydrogen-bond donors (Lipinski definition) is 2. The third-order valence-corrected chi connectivity index (χ3v) is 2.68. The Morgan fingerprint density at radius 3 is 2.50 bits per heavy atom.